The van der Waals surface area contributed by atoms with Crippen molar-refractivity contribution < 1.29 is 0 Å². The second-order valence-electron chi connectivity index (χ2n) is 6.57. The van der Waals surface area contributed by atoms with Crippen molar-refractivity contribution in [2.45, 2.75) is 52.6 Å². The number of benzene rings is 1. The van der Waals surface area contributed by atoms with Gasteiger partial charge >= 0.3 is 0 Å². The highest BCUT2D eigenvalue weighted by molar-refractivity contribution is 5.23. The van der Waals surface area contributed by atoms with Gasteiger partial charge in [0.05, 0.1) is 0 Å². The van der Waals surface area contributed by atoms with Crippen LogP contribution in [0.15, 0.2) is 36.7 Å². The van der Waals surface area contributed by atoms with E-state index in [0.29, 0.717) is 0 Å². The summed E-state index contributed by atoms with van der Waals surface area (Å²) in [6.45, 7) is 10.7. The molecule has 0 fully saturated rings. The molecule has 2 rings (SSSR count). The van der Waals surface area contributed by atoms with E-state index in [1.54, 1.807) is 0 Å². The monoisotopic (exact) mass is 285 g/mol. The van der Waals surface area contributed by atoms with Gasteiger partial charge in [0.2, 0.25) is 0 Å². The first-order valence-corrected chi connectivity index (χ1v) is 7.81. The second-order valence-corrected chi connectivity index (χ2v) is 6.57. The molecule has 0 amide bonds. The summed E-state index contributed by atoms with van der Waals surface area (Å²) < 4.78 is 2.22. The van der Waals surface area contributed by atoms with E-state index in [2.05, 4.69) is 73.0 Å². The molecular weight excluding hydrogens is 258 g/mol. The predicted octanol–water partition coefficient (Wildman–Crippen LogP) is 3.42. The molecule has 1 heterocycles. The fourth-order valence-corrected chi connectivity index (χ4v) is 2.39. The van der Waals surface area contributed by atoms with Crippen LogP contribution in [0, 0.1) is 0 Å². The van der Waals surface area contributed by atoms with E-state index in [0.717, 1.165) is 31.8 Å². The Morgan fingerprint density at radius 3 is 2.38 bits per heavy atom. The number of hydrogen-bond donors (Lipinski definition) is 1. The highest BCUT2D eigenvalue weighted by atomic mass is 15.1. The fraction of sp³-hybridized carbons (Fsp3) is 0.500. The van der Waals surface area contributed by atoms with E-state index in [9.17, 15) is 0 Å². The number of nitrogens with one attached hydrogen (secondary N) is 1. The highest BCUT2D eigenvalue weighted by Crippen LogP contribution is 2.09. The number of imidazole rings is 1. The first-order chi connectivity index (χ1) is 9.98. The van der Waals surface area contributed by atoms with Gasteiger partial charge in [-0.05, 0) is 44.9 Å². The second kappa shape index (κ2) is 6.90. The molecular formula is C18H27N3. The average molecular weight is 285 g/mol. The Hall–Kier alpha value is -1.61. The molecule has 0 aliphatic rings. The summed E-state index contributed by atoms with van der Waals surface area (Å²) >= 11 is 0. The zero-order valence-electron chi connectivity index (χ0n) is 13.7. The first-order valence-electron chi connectivity index (χ1n) is 7.81. The van der Waals surface area contributed by atoms with Gasteiger partial charge in [0, 0.05) is 30.9 Å². The zero-order chi connectivity index (χ0) is 15.3. The van der Waals surface area contributed by atoms with Gasteiger partial charge in [-0.25, -0.2) is 4.98 Å². The van der Waals surface area contributed by atoms with E-state index in [1.165, 1.54) is 11.1 Å². The van der Waals surface area contributed by atoms with Gasteiger partial charge in [-0.15, -0.1) is 0 Å². The Labute approximate surface area is 128 Å². The zero-order valence-corrected chi connectivity index (χ0v) is 13.7. The van der Waals surface area contributed by atoms with Crippen LogP contribution in [-0.4, -0.2) is 21.6 Å². The third kappa shape index (κ3) is 5.01. The van der Waals surface area contributed by atoms with Crippen molar-refractivity contribution in [3.05, 3.63) is 53.6 Å². The number of hydrogen-bond acceptors (Lipinski definition) is 2. The largest absolute Gasteiger partial charge is 0.331 e. The summed E-state index contributed by atoms with van der Waals surface area (Å²) in [6, 6.07) is 8.93. The van der Waals surface area contributed by atoms with Crippen LogP contribution in [0.2, 0.25) is 0 Å². The SMILES string of the molecule is CCc1nccn1Cc1ccc(CCNC(C)(C)C)cc1. The average Bonchev–Trinajstić information content (AvgIpc) is 2.86. The van der Waals surface area contributed by atoms with Crippen molar-refractivity contribution in [1.29, 1.82) is 0 Å². The van der Waals surface area contributed by atoms with E-state index in [-0.39, 0.29) is 5.54 Å². The third-order valence-electron chi connectivity index (χ3n) is 3.56. The van der Waals surface area contributed by atoms with Gasteiger partial charge in [0.25, 0.3) is 0 Å². The third-order valence-corrected chi connectivity index (χ3v) is 3.56. The van der Waals surface area contributed by atoms with Crippen molar-refractivity contribution >= 4 is 0 Å². The van der Waals surface area contributed by atoms with Crippen LogP contribution >= 0.6 is 0 Å². The van der Waals surface area contributed by atoms with Crippen LogP contribution in [0.3, 0.4) is 0 Å². The Kier molecular flexibility index (Phi) is 5.18. The molecule has 3 nitrogen and oxygen atoms in total. The van der Waals surface area contributed by atoms with Crippen LogP contribution in [0.1, 0.15) is 44.6 Å². The summed E-state index contributed by atoms with van der Waals surface area (Å²) in [6.07, 6.45) is 5.98. The van der Waals surface area contributed by atoms with Crippen LogP contribution in [-0.2, 0) is 19.4 Å². The first kappa shape index (κ1) is 15.8. The van der Waals surface area contributed by atoms with Crippen molar-refractivity contribution in [3.63, 3.8) is 0 Å². The van der Waals surface area contributed by atoms with Crippen molar-refractivity contribution in [1.82, 2.24) is 14.9 Å². The quantitative estimate of drug-likeness (QED) is 0.881. The minimum Gasteiger partial charge on any atom is -0.331 e. The van der Waals surface area contributed by atoms with Crippen LogP contribution in [0.5, 0.6) is 0 Å². The van der Waals surface area contributed by atoms with Gasteiger partial charge < -0.3 is 9.88 Å². The maximum atomic E-state index is 4.37. The minimum absolute atomic E-state index is 0.192. The fourth-order valence-electron chi connectivity index (χ4n) is 2.39. The molecule has 0 aliphatic carbocycles. The Balaban J connectivity index is 1.90. The molecule has 0 atom stereocenters. The Bertz CT molecular complexity index is 547. The van der Waals surface area contributed by atoms with Crippen LogP contribution < -0.4 is 5.32 Å². The molecule has 0 saturated carbocycles. The molecule has 0 spiro atoms. The maximum Gasteiger partial charge on any atom is 0.108 e. The summed E-state index contributed by atoms with van der Waals surface area (Å²) in [4.78, 5) is 4.37. The number of nitrogens with zero attached hydrogens (tertiary/aromatic N) is 2. The molecule has 0 aliphatic heterocycles. The van der Waals surface area contributed by atoms with Crippen LogP contribution in [0.4, 0.5) is 0 Å². The van der Waals surface area contributed by atoms with Crippen molar-refractivity contribution in [3.8, 4) is 0 Å². The molecule has 0 unspecified atom stereocenters. The molecule has 0 bridgehead atoms. The number of rotatable bonds is 6. The van der Waals surface area contributed by atoms with Gasteiger partial charge in [-0.1, -0.05) is 31.2 Å². The summed E-state index contributed by atoms with van der Waals surface area (Å²) in [5.41, 5.74) is 2.91. The van der Waals surface area contributed by atoms with Gasteiger partial charge in [0.1, 0.15) is 5.82 Å². The van der Waals surface area contributed by atoms with Crippen molar-refractivity contribution in [2.75, 3.05) is 6.54 Å². The molecule has 2 aromatic rings. The summed E-state index contributed by atoms with van der Waals surface area (Å²) in [5.74, 6) is 1.15. The van der Waals surface area contributed by atoms with E-state index in [4.69, 9.17) is 0 Å². The Morgan fingerprint density at radius 1 is 1.10 bits per heavy atom. The smallest absolute Gasteiger partial charge is 0.108 e. The summed E-state index contributed by atoms with van der Waals surface area (Å²) in [7, 11) is 0. The lowest BCUT2D eigenvalue weighted by Gasteiger charge is -2.20. The lowest BCUT2D eigenvalue weighted by molar-refractivity contribution is 0.429. The van der Waals surface area contributed by atoms with Crippen LogP contribution in [0.25, 0.3) is 0 Å². The minimum atomic E-state index is 0.192. The normalized spacial score (nSPS) is 11.8. The van der Waals surface area contributed by atoms with Gasteiger partial charge in [-0.3, -0.25) is 0 Å². The van der Waals surface area contributed by atoms with E-state index >= 15 is 0 Å². The van der Waals surface area contributed by atoms with E-state index in [1.807, 2.05) is 6.20 Å². The molecule has 1 N–H and O–H groups in total. The molecule has 1 aromatic heterocycles. The highest BCUT2D eigenvalue weighted by Gasteiger charge is 2.07. The molecule has 0 saturated heterocycles. The van der Waals surface area contributed by atoms with Gasteiger partial charge in [-0.2, -0.15) is 0 Å². The molecule has 21 heavy (non-hydrogen) atoms. The number of aryl methyl sites for hydroxylation is 1. The topological polar surface area (TPSA) is 29.9 Å². The summed E-state index contributed by atoms with van der Waals surface area (Å²) in [5, 5.41) is 3.52. The standard InChI is InChI=1S/C18H27N3/c1-5-17-19-12-13-21(17)14-16-8-6-15(7-9-16)10-11-20-18(2,3)4/h6-9,12-13,20H,5,10-11,14H2,1-4H3. The molecule has 0 radical (unpaired) electrons. The maximum absolute atomic E-state index is 4.37. The number of aromatic nitrogens is 2. The predicted molar refractivity (Wildman–Crippen MR) is 88.6 cm³/mol. The molecule has 1 aromatic carbocycles. The van der Waals surface area contributed by atoms with E-state index < -0.39 is 0 Å². The van der Waals surface area contributed by atoms with Gasteiger partial charge in [0.15, 0.2) is 0 Å². The lowest BCUT2D eigenvalue weighted by Crippen LogP contribution is -2.37. The molecule has 3 heteroatoms. The Morgan fingerprint density at radius 2 is 1.76 bits per heavy atom. The molecule has 114 valence electrons. The lowest BCUT2D eigenvalue weighted by atomic mass is 10.1. The van der Waals surface area contributed by atoms with Crippen molar-refractivity contribution in [2.24, 2.45) is 0 Å².